The number of aryl methyl sites for hydroxylation is 1. The summed E-state index contributed by atoms with van der Waals surface area (Å²) in [6.45, 7) is 1.79. The van der Waals surface area contributed by atoms with Gasteiger partial charge in [0.2, 0.25) is 0 Å². The number of carbonyl (C=O) groups is 1. The van der Waals surface area contributed by atoms with E-state index in [4.69, 9.17) is 5.11 Å². The van der Waals surface area contributed by atoms with Crippen LogP contribution in [-0.4, -0.2) is 16.0 Å². The fourth-order valence-corrected chi connectivity index (χ4v) is 1.61. The topological polar surface area (TPSA) is 62.2 Å². The third kappa shape index (κ3) is 2.93. The van der Waals surface area contributed by atoms with E-state index in [9.17, 15) is 4.79 Å². The van der Waals surface area contributed by atoms with Crippen LogP contribution in [0.5, 0.6) is 0 Å². The number of nitrogens with one attached hydrogen (secondary N) is 1. The van der Waals surface area contributed by atoms with E-state index in [1.54, 1.807) is 24.3 Å². The highest BCUT2D eigenvalue weighted by Gasteiger charge is 2.06. The number of amides is 1. The molecule has 0 bridgehead atoms. The number of rotatable bonds is 3. The zero-order chi connectivity index (χ0) is 13.0. The van der Waals surface area contributed by atoms with Crippen molar-refractivity contribution in [2.45, 2.75) is 13.5 Å². The summed E-state index contributed by atoms with van der Waals surface area (Å²) in [6.07, 6.45) is 0. The van der Waals surface area contributed by atoms with Gasteiger partial charge in [-0.2, -0.15) is 0 Å². The van der Waals surface area contributed by atoms with E-state index in [2.05, 4.69) is 10.3 Å². The zero-order valence-electron chi connectivity index (χ0n) is 10.1. The van der Waals surface area contributed by atoms with Crippen molar-refractivity contribution < 1.29 is 9.90 Å². The fraction of sp³-hybridized carbons (Fsp3) is 0.143. The van der Waals surface area contributed by atoms with E-state index in [1.165, 1.54) is 0 Å². The summed E-state index contributed by atoms with van der Waals surface area (Å²) in [5.74, 6) is 0.231. The molecule has 1 aromatic heterocycles. The minimum atomic E-state index is -0.207. The first kappa shape index (κ1) is 12.3. The molecule has 0 atom stereocenters. The zero-order valence-corrected chi connectivity index (χ0v) is 10.1. The second kappa shape index (κ2) is 5.42. The van der Waals surface area contributed by atoms with Gasteiger partial charge in [-0.3, -0.25) is 4.79 Å². The predicted molar refractivity (Wildman–Crippen MR) is 69.3 cm³/mol. The lowest BCUT2D eigenvalue weighted by Crippen LogP contribution is -2.13. The Morgan fingerprint density at radius 3 is 2.78 bits per heavy atom. The number of aliphatic hydroxyl groups is 1. The average molecular weight is 242 g/mol. The Morgan fingerprint density at radius 2 is 2.06 bits per heavy atom. The molecular formula is C14H14N2O2. The van der Waals surface area contributed by atoms with Crippen molar-refractivity contribution >= 4 is 11.7 Å². The van der Waals surface area contributed by atoms with E-state index >= 15 is 0 Å². The molecule has 0 saturated carbocycles. The largest absolute Gasteiger partial charge is 0.390 e. The van der Waals surface area contributed by atoms with Crippen LogP contribution in [0, 0.1) is 6.92 Å². The summed E-state index contributed by atoms with van der Waals surface area (Å²) >= 11 is 0. The van der Waals surface area contributed by atoms with Crippen LogP contribution in [0.15, 0.2) is 42.5 Å². The van der Waals surface area contributed by atoms with Crippen LogP contribution in [0.1, 0.15) is 21.6 Å². The molecule has 0 spiro atoms. The quantitative estimate of drug-likeness (QED) is 0.866. The van der Waals surface area contributed by atoms with Gasteiger partial charge in [-0.05, 0) is 31.2 Å². The standard InChI is InChI=1S/C14H14N2O2/c1-10-4-2-5-11(8-10)14(18)16-13-7-3-6-12(9-17)15-13/h2-8,17H,9H2,1H3,(H,15,16,18). The SMILES string of the molecule is Cc1cccc(C(=O)Nc2cccc(CO)n2)c1. The van der Waals surface area contributed by atoms with E-state index < -0.39 is 0 Å². The van der Waals surface area contributed by atoms with Gasteiger partial charge in [-0.15, -0.1) is 0 Å². The van der Waals surface area contributed by atoms with Gasteiger partial charge in [-0.1, -0.05) is 23.8 Å². The Kier molecular flexibility index (Phi) is 3.69. The van der Waals surface area contributed by atoms with Gasteiger partial charge in [0.05, 0.1) is 12.3 Å². The lowest BCUT2D eigenvalue weighted by atomic mass is 10.1. The molecule has 0 saturated heterocycles. The number of benzene rings is 1. The van der Waals surface area contributed by atoms with Gasteiger partial charge < -0.3 is 10.4 Å². The molecule has 4 heteroatoms. The highest BCUT2D eigenvalue weighted by atomic mass is 16.3. The van der Waals surface area contributed by atoms with Crippen LogP contribution in [0.4, 0.5) is 5.82 Å². The maximum atomic E-state index is 12.0. The van der Waals surface area contributed by atoms with E-state index in [0.29, 0.717) is 17.1 Å². The van der Waals surface area contributed by atoms with Gasteiger partial charge in [0, 0.05) is 5.56 Å². The second-order valence-electron chi connectivity index (χ2n) is 4.00. The van der Waals surface area contributed by atoms with Crippen LogP contribution < -0.4 is 5.32 Å². The molecule has 0 aliphatic heterocycles. The van der Waals surface area contributed by atoms with Crippen molar-refractivity contribution in [2.75, 3.05) is 5.32 Å². The molecule has 0 aliphatic rings. The van der Waals surface area contributed by atoms with Crippen molar-refractivity contribution in [3.8, 4) is 0 Å². The van der Waals surface area contributed by atoms with Crippen LogP contribution >= 0.6 is 0 Å². The van der Waals surface area contributed by atoms with Crippen molar-refractivity contribution in [1.29, 1.82) is 0 Å². The maximum Gasteiger partial charge on any atom is 0.256 e. The third-order valence-corrected chi connectivity index (χ3v) is 2.49. The highest BCUT2D eigenvalue weighted by Crippen LogP contribution is 2.09. The molecule has 18 heavy (non-hydrogen) atoms. The highest BCUT2D eigenvalue weighted by molar-refractivity contribution is 6.03. The summed E-state index contributed by atoms with van der Waals surface area (Å²) in [7, 11) is 0. The second-order valence-corrected chi connectivity index (χ2v) is 4.00. The lowest BCUT2D eigenvalue weighted by molar-refractivity contribution is 0.102. The summed E-state index contributed by atoms with van der Waals surface area (Å²) in [5.41, 5.74) is 2.14. The number of hydrogen-bond acceptors (Lipinski definition) is 3. The molecule has 0 fully saturated rings. The summed E-state index contributed by atoms with van der Waals surface area (Å²) < 4.78 is 0. The minimum Gasteiger partial charge on any atom is -0.390 e. The number of aliphatic hydroxyl groups excluding tert-OH is 1. The average Bonchev–Trinajstić information content (AvgIpc) is 2.39. The van der Waals surface area contributed by atoms with Gasteiger partial charge in [-0.25, -0.2) is 4.98 Å². The summed E-state index contributed by atoms with van der Waals surface area (Å²) in [5, 5.41) is 11.7. The molecule has 92 valence electrons. The van der Waals surface area contributed by atoms with E-state index in [-0.39, 0.29) is 12.5 Å². The minimum absolute atomic E-state index is 0.145. The number of nitrogens with zero attached hydrogens (tertiary/aromatic N) is 1. The molecule has 1 aromatic carbocycles. The first-order chi connectivity index (χ1) is 8.69. The Balaban J connectivity index is 2.16. The number of pyridine rings is 1. The van der Waals surface area contributed by atoms with Gasteiger partial charge >= 0.3 is 0 Å². The molecular weight excluding hydrogens is 228 g/mol. The number of carbonyl (C=O) groups excluding carboxylic acids is 1. The van der Waals surface area contributed by atoms with E-state index in [1.807, 2.05) is 25.1 Å². The first-order valence-electron chi connectivity index (χ1n) is 5.64. The van der Waals surface area contributed by atoms with Crippen molar-refractivity contribution in [2.24, 2.45) is 0 Å². The van der Waals surface area contributed by atoms with E-state index in [0.717, 1.165) is 5.56 Å². The van der Waals surface area contributed by atoms with Gasteiger partial charge in [0.1, 0.15) is 5.82 Å². The smallest absolute Gasteiger partial charge is 0.256 e. The number of anilines is 1. The number of aromatic nitrogens is 1. The van der Waals surface area contributed by atoms with Crippen LogP contribution in [0.2, 0.25) is 0 Å². The van der Waals surface area contributed by atoms with Crippen molar-refractivity contribution in [3.05, 3.63) is 59.3 Å². The molecule has 0 aliphatic carbocycles. The molecule has 1 heterocycles. The molecule has 0 radical (unpaired) electrons. The molecule has 0 unspecified atom stereocenters. The van der Waals surface area contributed by atoms with Crippen molar-refractivity contribution in [3.63, 3.8) is 0 Å². The Bertz CT molecular complexity index is 567. The molecule has 1 amide bonds. The fourth-order valence-electron chi connectivity index (χ4n) is 1.61. The Morgan fingerprint density at radius 1 is 1.28 bits per heavy atom. The molecule has 4 nitrogen and oxygen atoms in total. The maximum absolute atomic E-state index is 12.0. The van der Waals surface area contributed by atoms with Gasteiger partial charge in [0.25, 0.3) is 5.91 Å². The lowest BCUT2D eigenvalue weighted by Gasteiger charge is -2.06. The monoisotopic (exact) mass is 242 g/mol. The van der Waals surface area contributed by atoms with Crippen molar-refractivity contribution in [1.82, 2.24) is 4.98 Å². The summed E-state index contributed by atoms with van der Waals surface area (Å²) in [4.78, 5) is 16.0. The first-order valence-corrected chi connectivity index (χ1v) is 5.64. The van der Waals surface area contributed by atoms with Crippen LogP contribution in [0.3, 0.4) is 0 Å². The molecule has 2 N–H and O–H groups in total. The Hall–Kier alpha value is -2.20. The number of hydrogen-bond donors (Lipinski definition) is 2. The molecule has 2 rings (SSSR count). The normalized spacial score (nSPS) is 10.1. The van der Waals surface area contributed by atoms with Gasteiger partial charge in [0.15, 0.2) is 0 Å². The predicted octanol–water partition coefficient (Wildman–Crippen LogP) is 2.13. The third-order valence-electron chi connectivity index (χ3n) is 2.49. The molecule has 2 aromatic rings. The van der Waals surface area contributed by atoms with Crippen LogP contribution in [0.25, 0.3) is 0 Å². The van der Waals surface area contributed by atoms with Crippen LogP contribution in [-0.2, 0) is 6.61 Å². The Labute approximate surface area is 105 Å². The summed E-state index contributed by atoms with van der Waals surface area (Å²) in [6, 6.07) is 12.5.